The van der Waals surface area contributed by atoms with Crippen molar-refractivity contribution >= 4 is 28.5 Å². The largest absolute Gasteiger partial charge is 0.423 e. The maximum atomic E-state index is 13.2. The average Bonchev–Trinajstić information content (AvgIpc) is 3.21. The molecule has 0 atom stereocenters. The van der Waals surface area contributed by atoms with E-state index in [9.17, 15) is 4.39 Å². The third-order valence-electron chi connectivity index (χ3n) is 4.24. The normalized spacial score (nSPS) is 16.3. The summed E-state index contributed by atoms with van der Waals surface area (Å²) in [6.45, 7) is 3.82. The smallest absolute Gasteiger partial charge is 0.298 e. The fraction of sp³-hybridized carbons (Fsp3) is 0.438. The molecule has 0 saturated carbocycles. The Bertz CT molecular complexity index is 822. The van der Waals surface area contributed by atoms with Gasteiger partial charge in [-0.25, -0.2) is 4.39 Å². The van der Waals surface area contributed by atoms with Crippen LogP contribution in [0.1, 0.15) is 35.7 Å². The van der Waals surface area contributed by atoms with Gasteiger partial charge in [-0.15, -0.1) is 21.5 Å². The maximum Gasteiger partial charge on any atom is 0.298 e. The quantitative estimate of drug-likeness (QED) is 0.731. The van der Waals surface area contributed by atoms with Crippen LogP contribution in [0.25, 0.3) is 11.1 Å². The van der Waals surface area contributed by atoms with Crippen LogP contribution in [0.3, 0.4) is 0 Å². The molecule has 1 aliphatic rings. The van der Waals surface area contributed by atoms with Gasteiger partial charge < -0.3 is 9.32 Å². The Hall–Kier alpha value is -2.02. The Kier molecular flexibility index (Phi) is 3.72. The van der Waals surface area contributed by atoms with Gasteiger partial charge in [-0.1, -0.05) is 6.92 Å². The summed E-state index contributed by atoms with van der Waals surface area (Å²) >= 11 is 1.72. The van der Waals surface area contributed by atoms with Crippen molar-refractivity contribution in [2.75, 3.05) is 18.0 Å². The lowest BCUT2D eigenvalue weighted by atomic mass is 9.98. The second-order valence-corrected chi connectivity index (χ2v) is 6.85. The highest BCUT2D eigenvalue weighted by Gasteiger charge is 2.26. The molecule has 4 rings (SSSR count). The van der Waals surface area contributed by atoms with Gasteiger partial charge in [0.1, 0.15) is 21.3 Å². The number of hydrogen-bond acceptors (Lipinski definition) is 6. The van der Waals surface area contributed by atoms with Crippen LogP contribution in [-0.2, 0) is 6.42 Å². The number of hydrogen-bond donors (Lipinski definition) is 0. The summed E-state index contributed by atoms with van der Waals surface area (Å²) in [4.78, 5) is 6.58. The van der Waals surface area contributed by atoms with Crippen molar-refractivity contribution in [3.8, 4) is 0 Å². The first-order valence-corrected chi connectivity index (χ1v) is 8.68. The molecule has 7 heteroatoms. The number of benzene rings is 1. The monoisotopic (exact) mass is 332 g/mol. The van der Waals surface area contributed by atoms with Crippen LogP contribution in [0, 0.1) is 5.82 Å². The fourth-order valence-corrected chi connectivity index (χ4v) is 3.87. The number of aromatic nitrogens is 3. The molecule has 0 radical (unpaired) electrons. The van der Waals surface area contributed by atoms with Crippen molar-refractivity contribution in [3.05, 3.63) is 34.0 Å². The Morgan fingerprint density at radius 2 is 2.13 bits per heavy atom. The van der Waals surface area contributed by atoms with Gasteiger partial charge in [0.2, 0.25) is 0 Å². The minimum absolute atomic E-state index is 0.304. The molecule has 0 N–H and O–H groups in total. The second kappa shape index (κ2) is 5.88. The molecule has 1 fully saturated rings. The molecule has 23 heavy (non-hydrogen) atoms. The van der Waals surface area contributed by atoms with Gasteiger partial charge in [0.25, 0.3) is 6.01 Å². The van der Waals surface area contributed by atoms with Crippen molar-refractivity contribution < 1.29 is 8.81 Å². The van der Waals surface area contributed by atoms with E-state index in [4.69, 9.17) is 4.42 Å². The van der Waals surface area contributed by atoms with E-state index in [2.05, 4.69) is 27.0 Å². The Labute approximate surface area is 137 Å². The van der Waals surface area contributed by atoms with E-state index in [0.717, 1.165) is 42.4 Å². The lowest BCUT2D eigenvalue weighted by Gasteiger charge is -2.29. The number of nitrogens with zero attached hydrogens (tertiary/aromatic N) is 4. The molecule has 1 aliphatic heterocycles. The topological polar surface area (TPSA) is 55.1 Å². The molecule has 2 aromatic heterocycles. The minimum Gasteiger partial charge on any atom is -0.423 e. The van der Waals surface area contributed by atoms with Gasteiger partial charge in [-0.3, -0.25) is 0 Å². The Morgan fingerprint density at radius 3 is 2.87 bits per heavy atom. The second-order valence-electron chi connectivity index (χ2n) is 5.76. The molecule has 0 spiro atoms. The van der Waals surface area contributed by atoms with Gasteiger partial charge in [-0.05, 0) is 31.4 Å². The summed E-state index contributed by atoms with van der Waals surface area (Å²) in [7, 11) is 0. The van der Waals surface area contributed by atoms with Crippen molar-refractivity contribution in [1.29, 1.82) is 0 Å². The molecule has 3 heterocycles. The average molecular weight is 332 g/mol. The van der Waals surface area contributed by atoms with Crippen LogP contribution in [-0.4, -0.2) is 28.3 Å². The Morgan fingerprint density at radius 1 is 1.30 bits per heavy atom. The molecular weight excluding hydrogens is 315 g/mol. The summed E-state index contributed by atoms with van der Waals surface area (Å²) < 4.78 is 18.9. The first kappa shape index (κ1) is 14.6. The van der Waals surface area contributed by atoms with Crippen molar-refractivity contribution in [2.45, 2.75) is 32.1 Å². The molecule has 1 aromatic carbocycles. The number of aryl methyl sites for hydroxylation is 1. The molecule has 0 amide bonds. The molecule has 5 nitrogen and oxygen atoms in total. The molecule has 0 unspecified atom stereocenters. The third kappa shape index (κ3) is 2.81. The lowest BCUT2D eigenvalue weighted by Crippen LogP contribution is -2.33. The standard InChI is InChI=1S/C16H17FN4OS/c1-2-14-19-20-15(23-14)10-5-7-21(8-6-10)16-18-12-4-3-11(17)9-13(12)22-16/h3-4,9-10H,2,5-8H2,1H3. The van der Waals surface area contributed by atoms with E-state index in [0.29, 0.717) is 23.0 Å². The minimum atomic E-state index is -0.304. The molecule has 120 valence electrons. The highest BCUT2D eigenvalue weighted by molar-refractivity contribution is 7.11. The zero-order valence-electron chi connectivity index (χ0n) is 12.8. The van der Waals surface area contributed by atoms with Gasteiger partial charge >= 0.3 is 0 Å². The zero-order chi connectivity index (χ0) is 15.8. The molecule has 0 aliphatic carbocycles. The summed E-state index contributed by atoms with van der Waals surface area (Å²) in [5, 5.41) is 10.8. The first-order chi connectivity index (χ1) is 11.2. The van der Waals surface area contributed by atoms with Crippen molar-refractivity contribution in [2.24, 2.45) is 0 Å². The van der Waals surface area contributed by atoms with Crippen LogP contribution in [0.5, 0.6) is 0 Å². The number of anilines is 1. The van der Waals surface area contributed by atoms with E-state index in [-0.39, 0.29) is 5.82 Å². The molecular formula is C16H17FN4OS. The predicted octanol–water partition coefficient (Wildman–Crippen LogP) is 3.76. The first-order valence-electron chi connectivity index (χ1n) is 7.86. The summed E-state index contributed by atoms with van der Waals surface area (Å²) in [5.41, 5.74) is 1.19. The van der Waals surface area contributed by atoms with Gasteiger partial charge in [0, 0.05) is 25.1 Å². The predicted molar refractivity (Wildman–Crippen MR) is 87.4 cm³/mol. The van der Waals surface area contributed by atoms with Crippen molar-refractivity contribution in [3.63, 3.8) is 0 Å². The van der Waals surface area contributed by atoms with E-state index < -0.39 is 0 Å². The van der Waals surface area contributed by atoms with E-state index in [1.54, 1.807) is 17.4 Å². The highest BCUT2D eigenvalue weighted by atomic mass is 32.1. The SMILES string of the molecule is CCc1nnc(C2CCN(c3nc4ccc(F)cc4o3)CC2)s1. The van der Waals surface area contributed by atoms with Gasteiger partial charge in [0.05, 0.1) is 0 Å². The number of oxazole rings is 1. The van der Waals surface area contributed by atoms with E-state index in [1.165, 1.54) is 12.1 Å². The van der Waals surface area contributed by atoms with E-state index in [1.807, 2.05) is 0 Å². The van der Waals surface area contributed by atoms with Gasteiger partial charge in [0.15, 0.2) is 5.58 Å². The molecule has 3 aromatic rings. The lowest BCUT2D eigenvalue weighted by molar-refractivity contribution is 0.465. The number of piperidine rings is 1. The number of rotatable bonds is 3. The fourth-order valence-electron chi connectivity index (χ4n) is 2.91. The van der Waals surface area contributed by atoms with Crippen LogP contribution in [0.15, 0.2) is 22.6 Å². The summed E-state index contributed by atoms with van der Waals surface area (Å²) in [6.07, 6.45) is 2.95. The Balaban J connectivity index is 1.47. The number of fused-ring (bicyclic) bond motifs is 1. The van der Waals surface area contributed by atoms with E-state index >= 15 is 0 Å². The van der Waals surface area contributed by atoms with Crippen LogP contribution in [0.2, 0.25) is 0 Å². The molecule has 0 bridgehead atoms. The van der Waals surface area contributed by atoms with Crippen LogP contribution >= 0.6 is 11.3 Å². The zero-order valence-corrected chi connectivity index (χ0v) is 13.6. The summed E-state index contributed by atoms with van der Waals surface area (Å²) in [5.74, 6) is 0.160. The van der Waals surface area contributed by atoms with Crippen LogP contribution < -0.4 is 4.90 Å². The third-order valence-corrected chi connectivity index (χ3v) is 5.47. The van der Waals surface area contributed by atoms with Crippen molar-refractivity contribution in [1.82, 2.24) is 15.2 Å². The number of halogens is 1. The van der Waals surface area contributed by atoms with Crippen LogP contribution in [0.4, 0.5) is 10.4 Å². The highest BCUT2D eigenvalue weighted by Crippen LogP contribution is 2.33. The van der Waals surface area contributed by atoms with Gasteiger partial charge in [-0.2, -0.15) is 4.98 Å². The molecule has 1 saturated heterocycles. The maximum absolute atomic E-state index is 13.2. The summed E-state index contributed by atoms with van der Waals surface area (Å²) in [6, 6.07) is 5.02.